The second kappa shape index (κ2) is 6.61. The highest BCUT2D eigenvalue weighted by Crippen LogP contribution is 2.24. The van der Waals surface area contributed by atoms with Crippen molar-refractivity contribution in [3.63, 3.8) is 0 Å². The number of cyclic esters (lactones) is 1. The van der Waals surface area contributed by atoms with Crippen molar-refractivity contribution in [1.29, 1.82) is 0 Å². The van der Waals surface area contributed by atoms with Gasteiger partial charge in [-0.2, -0.15) is 0 Å². The first kappa shape index (κ1) is 15.4. The van der Waals surface area contributed by atoms with Crippen LogP contribution in [-0.2, 0) is 20.9 Å². The normalized spacial score (nSPS) is 21.5. The molecule has 114 valence electrons. The highest BCUT2D eigenvalue weighted by molar-refractivity contribution is 5.84. The summed E-state index contributed by atoms with van der Waals surface area (Å²) in [4.78, 5) is 25.3. The second-order valence-electron chi connectivity index (χ2n) is 5.64. The summed E-state index contributed by atoms with van der Waals surface area (Å²) in [6, 6.07) is 8.84. The molecule has 1 aromatic rings. The van der Waals surface area contributed by atoms with Crippen LogP contribution in [0.5, 0.6) is 0 Å². The van der Waals surface area contributed by atoms with E-state index in [1.165, 1.54) is 4.90 Å². The number of benzene rings is 1. The largest absolute Gasteiger partial charge is 0.444 e. The van der Waals surface area contributed by atoms with E-state index in [0.29, 0.717) is 12.3 Å². The minimum Gasteiger partial charge on any atom is -0.444 e. The predicted octanol–water partition coefficient (Wildman–Crippen LogP) is 2.94. The summed E-state index contributed by atoms with van der Waals surface area (Å²) >= 11 is 0. The topological polar surface area (TPSA) is 55.8 Å². The van der Waals surface area contributed by atoms with Crippen LogP contribution in [0.3, 0.4) is 0 Å². The van der Waals surface area contributed by atoms with Crippen molar-refractivity contribution >= 4 is 12.1 Å². The van der Waals surface area contributed by atoms with Gasteiger partial charge in [-0.25, -0.2) is 9.59 Å². The van der Waals surface area contributed by atoms with E-state index in [1.807, 2.05) is 44.2 Å². The standard InChI is InChI=1S/C16H21NO4/c1-11(2)9-14-17(12(3)15(18)21-14)16(19)20-10-13-7-5-4-6-8-13/h4-8,11-12,14H,9-10H2,1-3H3/t12-,14-/m0/s1. The van der Waals surface area contributed by atoms with Gasteiger partial charge in [0.1, 0.15) is 12.6 Å². The molecular weight excluding hydrogens is 270 g/mol. The molecule has 1 aliphatic heterocycles. The molecule has 1 saturated heterocycles. The zero-order chi connectivity index (χ0) is 15.4. The molecule has 21 heavy (non-hydrogen) atoms. The fourth-order valence-corrected chi connectivity index (χ4v) is 2.29. The molecular formula is C16H21NO4. The number of esters is 1. The molecule has 0 radical (unpaired) electrons. The van der Waals surface area contributed by atoms with Gasteiger partial charge in [-0.15, -0.1) is 0 Å². The summed E-state index contributed by atoms with van der Waals surface area (Å²) in [7, 11) is 0. The Morgan fingerprint density at radius 3 is 2.62 bits per heavy atom. The first-order chi connectivity index (χ1) is 9.99. The Labute approximate surface area is 124 Å². The summed E-state index contributed by atoms with van der Waals surface area (Å²) in [6.07, 6.45) is -0.435. The zero-order valence-corrected chi connectivity index (χ0v) is 12.6. The minimum atomic E-state index is -0.600. The van der Waals surface area contributed by atoms with Crippen molar-refractivity contribution in [2.75, 3.05) is 0 Å². The second-order valence-corrected chi connectivity index (χ2v) is 5.64. The molecule has 0 bridgehead atoms. The zero-order valence-electron chi connectivity index (χ0n) is 12.6. The van der Waals surface area contributed by atoms with Crippen molar-refractivity contribution in [1.82, 2.24) is 4.90 Å². The molecule has 0 unspecified atom stereocenters. The molecule has 1 heterocycles. The summed E-state index contributed by atoms with van der Waals surface area (Å²) in [6.45, 7) is 5.88. The van der Waals surface area contributed by atoms with Crippen LogP contribution in [0, 0.1) is 5.92 Å². The Kier molecular flexibility index (Phi) is 4.83. The molecule has 0 N–H and O–H groups in total. The number of amides is 1. The maximum Gasteiger partial charge on any atom is 0.413 e. The van der Waals surface area contributed by atoms with Crippen LogP contribution in [-0.4, -0.2) is 29.2 Å². The lowest BCUT2D eigenvalue weighted by Gasteiger charge is -2.24. The Morgan fingerprint density at radius 2 is 2.00 bits per heavy atom. The van der Waals surface area contributed by atoms with Gasteiger partial charge in [-0.05, 0) is 18.4 Å². The number of ether oxygens (including phenoxy) is 2. The third kappa shape index (κ3) is 3.74. The lowest BCUT2D eigenvalue weighted by Crippen LogP contribution is -2.42. The fourth-order valence-electron chi connectivity index (χ4n) is 2.29. The van der Waals surface area contributed by atoms with Crippen molar-refractivity contribution in [2.24, 2.45) is 5.92 Å². The van der Waals surface area contributed by atoms with Gasteiger partial charge < -0.3 is 9.47 Å². The summed E-state index contributed by atoms with van der Waals surface area (Å²) in [5, 5.41) is 0. The van der Waals surface area contributed by atoms with Crippen molar-refractivity contribution in [3.8, 4) is 0 Å². The van der Waals surface area contributed by atoms with Crippen molar-refractivity contribution < 1.29 is 19.1 Å². The van der Waals surface area contributed by atoms with Gasteiger partial charge in [0.15, 0.2) is 6.23 Å². The van der Waals surface area contributed by atoms with E-state index in [9.17, 15) is 9.59 Å². The molecule has 0 aliphatic carbocycles. The molecule has 5 nitrogen and oxygen atoms in total. The Balaban J connectivity index is 1.99. The molecule has 5 heteroatoms. The van der Waals surface area contributed by atoms with Gasteiger partial charge >= 0.3 is 12.1 Å². The van der Waals surface area contributed by atoms with Gasteiger partial charge in [0, 0.05) is 6.42 Å². The van der Waals surface area contributed by atoms with E-state index in [2.05, 4.69) is 0 Å². The van der Waals surface area contributed by atoms with Crippen LogP contribution in [0.4, 0.5) is 4.79 Å². The molecule has 1 aliphatic rings. The molecule has 1 fully saturated rings. The first-order valence-electron chi connectivity index (χ1n) is 7.18. The number of hydrogen-bond donors (Lipinski definition) is 0. The van der Waals surface area contributed by atoms with Crippen LogP contribution in [0.15, 0.2) is 30.3 Å². The number of hydrogen-bond acceptors (Lipinski definition) is 4. The summed E-state index contributed by atoms with van der Waals surface area (Å²) < 4.78 is 10.6. The number of carbonyl (C=O) groups is 2. The van der Waals surface area contributed by atoms with Gasteiger partial charge in [0.05, 0.1) is 0 Å². The van der Waals surface area contributed by atoms with Gasteiger partial charge in [-0.3, -0.25) is 4.90 Å². The maximum absolute atomic E-state index is 12.2. The third-order valence-electron chi connectivity index (χ3n) is 3.41. The minimum absolute atomic E-state index is 0.186. The monoisotopic (exact) mass is 291 g/mol. The van der Waals surface area contributed by atoms with Crippen LogP contribution < -0.4 is 0 Å². The molecule has 2 rings (SSSR count). The molecule has 1 aromatic carbocycles. The van der Waals surface area contributed by atoms with E-state index < -0.39 is 18.4 Å². The van der Waals surface area contributed by atoms with Crippen LogP contribution in [0.2, 0.25) is 0 Å². The van der Waals surface area contributed by atoms with Crippen LogP contribution in [0.25, 0.3) is 0 Å². The summed E-state index contributed by atoms with van der Waals surface area (Å²) in [5.41, 5.74) is 0.908. The van der Waals surface area contributed by atoms with E-state index >= 15 is 0 Å². The first-order valence-corrected chi connectivity index (χ1v) is 7.18. The van der Waals surface area contributed by atoms with E-state index in [-0.39, 0.29) is 12.6 Å². The SMILES string of the molecule is CC(C)C[C@@H]1OC(=O)[C@H](C)N1C(=O)OCc1ccccc1. The highest BCUT2D eigenvalue weighted by Gasteiger charge is 2.43. The van der Waals surface area contributed by atoms with Crippen molar-refractivity contribution in [2.45, 2.75) is 46.1 Å². The van der Waals surface area contributed by atoms with E-state index in [1.54, 1.807) is 6.92 Å². The lowest BCUT2D eigenvalue weighted by molar-refractivity contribution is -0.142. The smallest absolute Gasteiger partial charge is 0.413 e. The molecule has 0 aromatic heterocycles. The van der Waals surface area contributed by atoms with Gasteiger partial charge in [0.2, 0.25) is 0 Å². The average Bonchev–Trinajstić information content (AvgIpc) is 2.71. The number of rotatable bonds is 4. The average molecular weight is 291 g/mol. The summed E-state index contributed by atoms with van der Waals surface area (Å²) in [5.74, 6) is -0.0603. The highest BCUT2D eigenvalue weighted by atomic mass is 16.6. The molecule has 0 spiro atoms. The third-order valence-corrected chi connectivity index (χ3v) is 3.41. The molecule has 2 atom stereocenters. The Hall–Kier alpha value is -2.04. The maximum atomic E-state index is 12.2. The quantitative estimate of drug-likeness (QED) is 0.800. The molecule has 1 amide bonds. The van der Waals surface area contributed by atoms with Gasteiger partial charge in [0.25, 0.3) is 0 Å². The molecule has 0 saturated carbocycles. The predicted molar refractivity (Wildman–Crippen MR) is 77.3 cm³/mol. The Bertz CT molecular complexity index is 500. The number of nitrogens with zero attached hydrogens (tertiary/aromatic N) is 1. The van der Waals surface area contributed by atoms with Crippen LogP contribution in [0.1, 0.15) is 32.8 Å². The van der Waals surface area contributed by atoms with E-state index in [0.717, 1.165) is 5.56 Å². The van der Waals surface area contributed by atoms with Crippen molar-refractivity contribution in [3.05, 3.63) is 35.9 Å². The van der Waals surface area contributed by atoms with E-state index in [4.69, 9.17) is 9.47 Å². The number of carbonyl (C=O) groups excluding carboxylic acids is 2. The Morgan fingerprint density at radius 1 is 1.33 bits per heavy atom. The van der Waals surface area contributed by atoms with Crippen LogP contribution >= 0.6 is 0 Å². The lowest BCUT2D eigenvalue weighted by atomic mass is 10.1. The fraction of sp³-hybridized carbons (Fsp3) is 0.500. The van der Waals surface area contributed by atoms with Gasteiger partial charge in [-0.1, -0.05) is 44.2 Å².